The van der Waals surface area contributed by atoms with E-state index >= 15 is 0 Å². The first-order chi connectivity index (χ1) is 14.9. The summed E-state index contributed by atoms with van der Waals surface area (Å²) in [6, 6.07) is 0. The van der Waals surface area contributed by atoms with E-state index in [1.807, 2.05) is 20.8 Å². The molecule has 1 amide bonds. The van der Waals surface area contributed by atoms with Gasteiger partial charge in [0, 0.05) is 18.6 Å². The van der Waals surface area contributed by atoms with Gasteiger partial charge in [-0.25, -0.2) is 0 Å². The molecule has 0 spiro atoms. The molecule has 1 atom stereocenters. The normalized spacial score (nSPS) is 12.2. The van der Waals surface area contributed by atoms with Crippen molar-refractivity contribution in [3.8, 4) is 0 Å². The van der Waals surface area contributed by atoms with E-state index in [0.717, 1.165) is 19.3 Å². The second-order valence-corrected chi connectivity index (χ2v) is 9.43. The summed E-state index contributed by atoms with van der Waals surface area (Å²) in [4.78, 5) is 12.2. The van der Waals surface area contributed by atoms with E-state index in [-0.39, 0.29) is 17.6 Å². The number of hydrogen-bond donors (Lipinski definition) is 2. The highest BCUT2D eigenvalue weighted by Crippen LogP contribution is 2.14. The lowest BCUT2D eigenvalue weighted by Crippen LogP contribution is -2.44. The van der Waals surface area contributed by atoms with Gasteiger partial charge < -0.3 is 15.8 Å². The van der Waals surface area contributed by atoms with Crippen LogP contribution in [-0.2, 0) is 9.53 Å². The number of nitrogens with one attached hydrogen (secondary N) is 1. The predicted octanol–water partition coefficient (Wildman–Crippen LogP) is 7.53. The Kier molecular flexibility index (Phi) is 25.3. The number of ether oxygens (including phenoxy) is 1. The zero-order valence-electron chi connectivity index (χ0n) is 22.2. The molecule has 0 aliphatic heterocycles. The third-order valence-electron chi connectivity index (χ3n) is 5.69. The fourth-order valence-electron chi connectivity index (χ4n) is 3.64. The van der Waals surface area contributed by atoms with E-state index in [1.54, 1.807) is 0 Å². The lowest BCUT2D eigenvalue weighted by atomic mass is 10.0. The highest BCUT2D eigenvalue weighted by atomic mass is 16.5. The summed E-state index contributed by atoms with van der Waals surface area (Å²) in [5, 5.41) is 3.16. The largest absolute Gasteiger partial charge is 0.378 e. The molecular formula is C27H58N2O2. The average molecular weight is 443 g/mol. The molecule has 0 aliphatic rings. The molecule has 0 radical (unpaired) electrons. The zero-order valence-corrected chi connectivity index (χ0v) is 22.2. The molecule has 0 aliphatic carbocycles. The third-order valence-corrected chi connectivity index (χ3v) is 5.69. The Hall–Kier alpha value is -0.610. The molecule has 0 saturated heterocycles. The van der Waals surface area contributed by atoms with Crippen molar-refractivity contribution in [1.82, 2.24) is 5.32 Å². The molecule has 31 heavy (non-hydrogen) atoms. The van der Waals surface area contributed by atoms with Gasteiger partial charge in [0.1, 0.15) is 0 Å². The summed E-state index contributed by atoms with van der Waals surface area (Å²) in [6.45, 7) is 13.8. The highest BCUT2D eigenvalue weighted by Gasteiger charge is 2.20. The Balaban J connectivity index is 0. The van der Waals surface area contributed by atoms with Crippen LogP contribution in [0.4, 0.5) is 0 Å². The van der Waals surface area contributed by atoms with Gasteiger partial charge >= 0.3 is 0 Å². The van der Waals surface area contributed by atoms with Crippen molar-refractivity contribution in [2.24, 2.45) is 5.73 Å². The standard InChI is InChI=1S/C25H52N2O2.C2H6/c1-5-6-7-8-9-10-11-12-13-14-15-16-17-18-24(28)27-25(3,4)20-22-29-23(2)19-21-26;1-2/h23H,5-22,26H2,1-4H3,(H,27,28);1-2H3. The maximum absolute atomic E-state index is 12.2. The molecule has 0 aromatic rings. The number of amides is 1. The van der Waals surface area contributed by atoms with Gasteiger partial charge in [-0.1, -0.05) is 97.8 Å². The monoisotopic (exact) mass is 442 g/mol. The molecule has 3 N–H and O–H groups in total. The molecule has 4 heteroatoms. The number of carbonyl (C=O) groups is 1. The van der Waals surface area contributed by atoms with Crippen molar-refractivity contribution in [3.63, 3.8) is 0 Å². The Labute approximate surface area is 195 Å². The first kappa shape index (κ1) is 32.6. The van der Waals surface area contributed by atoms with Gasteiger partial charge in [0.2, 0.25) is 5.91 Å². The number of carbonyl (C=O) groups excluding carboxylic acids is 1. The Morgan fingerprint density at radius 2 is 1.32 bits per heavy atom. The maximum atomic E-state index is 12.2. The van der Waals surface area contributed by atoms with E-state index in [1.165, 1.54) is 77.0 Å². The van der Waals surface area contributed by atoms with E-state index in [9.17, 15) is 4.79 Å². The van der Waals surface area contributed by atoms with E-state index in [0.29, 0.717) is 19.6 Å². The predicted molar refractivity (Wildman–Crippen MR) is 138 cm³/mol. The maximum Gasteiger partial charge on any atom is 0.220 e. The Morgan fingerprint density at radius 3 is 1.77 bits per heavy atom. The Morgan fingerprint density at radius 1 is 0.871 bits per heavy atom. The molecule has 0 rings (SSSR count). The minimum Gasteiger partial charge on any atom is -0.378 e. The van der Waals surface area contributed by atoms with Crippen LogP contribution in [-0.4, -0.2) is 30.7 Å². The number of nitrogens with two attached hydrogens (primary N) is 1. The van der Waals surface area contributed by atoms with Crippen molar-refractivity contribution < 1.29 is 9.53 Å². The molecule has 0 aromatic heterocycles. The van der Waals surface area contributed by atoms with Crippen LogP contribution in [0, 0.1) is 0 Å². The summed E-state index contributed by atoms with van der Waals surface area (Å²) in [7, 11) is 0. The summed E-state index contributed by atoms with van der Waals surface area (Å²) < 4.78 is 5.75. The van der Waals surface area contributed by atoms with Crippen molar-refractivity contribution in [2.45, 2.75) is 156 Å². The van der Waals surface area contributed by atoms with Crippen molar-refractivity contribution >= 4 is 5.91 Å². The fourth-order valence-corrected chi connectivity index (χ4v) is 3.64. The first-order valence-corrected chi connectivity index (χ1v) is 13.5. The topological polar surface area (TPSA) is 64.3 Å². The van der Waals surface area contributed by atoms with E-state index in [4.69, 9.17) is 10.5 Å². The minimum absolute atomic E-state index is 0.174. The second-order valence-electron chi connectivity index (χ2n) is 9.43. The van der Waals surface area contributed by atoms with Crippen LogP contribution in [0.15, 0.2) is 0 Å². The van der Waals surface area contributed by atoms with Crippen LogP contribution < -0.4 is 11.1 Å². The summed E-state index contributed by atoms with van der Waals surface area (Å²) in [6.07, 6.45) is 19.9. The highest BCUT2D eigenvalue weighted by molar-refractivity contribution is 5.76. The molecular weight excluding hydrogens is 384 g/mol. The van der Waals surface area contributed by atoms with Crippen molar-refractivity contribution in [2.75, 3.05) is 13.2 Å². The molecule has 188 valence electrons. The molecule has 0 bridgehead atoms. The smallest absolute Gasteiger partial charge is 0.220 e. The number of hydrogen-bond acceptors (Lipinski definition) is 3. The van der Waals surface area contributed by atoms with Gasteiger partial charge in [-0.3, -0.25) is 4.79 Å². The lowest BCUT2D eigenvalue weighted by Gasteiger charge is -2.27. The van der Waals surface area contributed by atoms with E-state index in [2.05, 4.69) is 26.1 Å². The van der Waals surface area contributed by atoms with Crippen LogP contribution in [0.5, 0.6) is 0 Å². The number of rotatable bonds is 21. The summed E-state index contributed by atoms with van der Waals surface area (Å²) >= 11 is 0. The fraction of sp³-hybridized carbons (Fsp3) is 0.963. The van der Waals surface area contributed by atoms with Crippen molar-refractivity contribution in [3.05, 3.63) is 0 Å². The number of unbranched alkanes of at least 4 members (excludes halogenated alkanes) is 12. The molecule has 0 heterocycles. The van der Waals surface area contributed by atoms with Crippen LogP contribution in [0.25, 0.3) is 0 Å². The van der Waals surface area contributed by atoms with E-state index < -0.39 is 0 Å². The molecule has 4 nitrogen and oxygen atoms in total. The van der Waals surface area contributed by atoms with Crippen LogP contribution in [0.2, 0.25) is 0 Å². The van der Waals surface area contributed by atoms with Gasteiger partial charge in [0.25, 0.3) is 0 Å². The van der Waals surface area contributed by atoms with Gasteiger partial charge in [-0.05, 0) is 46.6 Å². The lowest BCUT2D eigenvalue weighted by molar-refractivity contribution is -0.123. The van der Waals surface area contributed by atoms with Gasteiger partial charge in [0.15, 0.2) is 0 Å². The average Bonchev–Trinajstić information content (AvgIpc) is 2.72. The van der Waals surface area contributed by atoms with Crippen LogP contribution in [0.1, 0.15) is 144 Å². The van der Waals surface area contributed by atoms with Crippen molar-refractivity contribution in [1.29, 1.82) is 0 Å². The molecule has 0 saturated carbocycles. The minimum atomic E-state index is -0.212. The zero-order chi connectivity index (χ0) is 23.8. The second kappa shape index (κ2) is 24.0. The quantitative estimate of drug-likeness (QED) is 0.180. The van der Waals surface area contributed by atoms with Crippen LogP contribution in [0.3, 0.4) is 0 Å². The first-order valence-electron chi connectivity index (χ1n) is 13.5. The molecule has 1 unspecified atom stereocenters. The van der Waals surface area contributed by atoms with Gasteiger partial charge in [-0.2, -0.15) is 0 Å². The van der Waals surface area contributed by atoms with Crippen LogP contribution >= 0.6 is 0 Å². The Bertz CT molecular complexity index is 372. The third kappa shape index (κ3) is 25.5. The SMILES string of the molecule is CC.CCCCCCCCCCCCCCCC(=O)NC(C)(C)CCOC(C)CCN. The molecule has 0 fully saturated rings. The molecule has 0 aromatic carbocycles. The summed E-state index contributed by atoms with van der Waals surface area (Å²) in [5.41, 5.74) is 5.33. The van der Waals surface area contributed by atoms with Gasteiger partial charge in [-0.15, -0.1) is 0 Å². The van der Waals surface area contributed by atoms with Gasteiger partial charge in [0.05, 0.1) is 6.10 Å². The summed E-state index contributed by atoms with van der Waals surface area (Å²) in [5.74, 6) is 0.174.